The van der Waals surface area contributed by atoms with Crippen LogP contribution in [0.1, 0.15) is 5.69 Å². The van der Waals surface area contributed by atoms with Gasteiger partial charge in [0.05, 0.1) is 11.9 Å². The monoisotopic (exact) mass is 468 g/mol. The second-order valence-corrected chi connectivity index (χ2v) is 7.97. The van der Waals surface area contributed by atoms with Gasteiger partial charge in [0.15, 0.2) is 0 Å². The summed E-state index contributed by atoms with van der Waals surface area (Å²) in [4.78, 5) is 10.6. The molecule has 3 aromatic heterocycles. The highest BCUT2D eigenvalue weighted by Gasteiger charge is 2.28. The van der Waals surface area contributed by atoms with E-state index in [1.165, 1.54) is 12.3 Å². The van der Waals surface area contributed by atoms with Crippen molar-refractivity contribution in [2.24, 2.45) is 0 Å². The summed E-state index contributed by atoms with van der Waals surface area (Å²) in [7, 11) is 1.88. The molecule has 0 unspecified atom stereocenters. The zero-order valence-electron chi connectivity index (χ0n) is 17.3. The van der Waals surface area contributed by atoms with Crippen LogP contribution in [-0.2, 0) is 6.42 Å². The Hall–Kier alpha value is -3.72. The van der Waals surface area contributed by atoms with Gasteiger partial charge in [0.1, 0.15) is 12.1 Å². The second-order valence-electron chi connectivity index (χ2n) is 7.54. The zero-order chi connectivity index (χ0) is 23.2. The van der Waals surface area contributed by atoms with Gasteiger partial charge in [-0.15, -0.1) is 10.2 Å². The second kappa shape index (κ2) is 8.00. The molecule has 6 nitrogen and oxygen atoms in total. The standard InChI is InChI=1S/C23H16ClF3N6/c1-32(21-19-8-6-16(24)10-20(19)33-13-29-31-22(33)30-21)18-4-2-3-14(9-18)15-5-7-17(28-12-15)11-23(25,26)27/h2-10,12-13H,11H2,1H3. The first-order valence-electron chi connectivity index (χ1n) is 9.93. The minimum absolute atomic E-state index is 0.0181. The fraction of sp³-hybridized carbons (Fsp3) is 0.130. The van der Waals surface area contributed by atoms with Crippen molar-refractivity contribution in [3.8, 4) is 11.1 Å². The van der Waals surface area contributed by atoms with Gasteiger partial charge in [-0.1, -0.05) is 29.8 Å². The molecule has 0 spiro atoms. The molecule has 3 heterocycles. The highest BCUT2D eigenvalue weighted by atomic mass is 35.5. The average molecular weight is 469 g/mol. The number of hydrogen-bond acceptors (Lipinski definition) is 5. The van der Waals surface area contributed by atoms with E-state index in [-0.39, 0.29) is 5.69 Å². The van der Waals surface area contributed by atoms with Crippen LogP contribution < -0.4 is 4.90 Å². The minimum Gasteiger partial charge on any atom is -0.329 e. The molecular formula is C23H16ClF3N6. The van der Waals surface area contributed by atoms with Crippen LogP contribution in [-0.4, -0.2) is 37.8 Å². The number of fused-ring (bicyclic) bond motifs is 3. The van der Waals surface area contributed by atoms with Gasteiger partial charge in [-0.3, -0.25) is 9.38 Å². The Balaban J connectivity index is 1.53. The van der Waals surface area contributed by atoms with Crippen LogP contribution in [0.25, 0.3) is 27.8 Å². The van der Waals surface area contributed by atoms with E-state index >= 15 is 0 Å². The van der Waals surface area contributed by atoms with E-state index in [1.54, 1.807) is 22.9 Å². The van der Waals surface area contributed by atoms with Crippen LogP contribution in [0.5, 0.6) is 0 Å². The van der Waals surface area contributed by atoms with E-state index in [2.05, 4.69) is 20.2 Å². The quantitative estimate of drug-likeness (QED) is 0.330. The summed E-state index contributed by atoms with van der Waals surface area (Å²) < 4.78 is 39.6. The summed E-state index contributed by atoms with van der Waals surface area (Å²) in [6, 6.07) is 16.2. The predicted octanol–water partition coefficient (Wildman–Crippen LogP) is 5.87. The molecule has 0 radical (unpaired) electrons. The van der Waals surface area contributed by atoms with Crippen molar-refractivity contribution in [1.82, 2.24) is 24.6 Å². The van der Waals surface area contributed by atoms with Crippen molar-refractivity contribution in [2.45, 2.75) is 12.6 Å². The fourth-order valence-electron chi connectivity index (χ4n) is 3.70. The number of benzene rings is 2. The van der Waals surface area contributed by atoms with Gasteiger partial charge in [-0.05, 0) is 42.0 Å². The van der Waals surface area contributed by atoms with Gasteiger partial charge in [0.2, 0.25) is 0 Å². The number of rotatable bonds is 4. The number of alkyl halides is 3. The molecule has 2 aromatic carbocycles. The molecule has 0 aliphatic carbocycles. The molecule has 5 rings (SSSR count). The van der Waals surface area contributed by atoms with Gasteiger partial charge >= 0.3 is 6.18 Å². The number of nitrogens with zero attached hydrogens (tertiary/aromatic N) is 6. The lowest BCUT2D eigenvalue weighted by molar-refractivity contribution is -0.127. The zero-order valence-corrected chi connectivity index (χ0v) is 18.0. The topological polar surface area (TPSA) is 59.2 Å². The van der Waals surface area contributed by atoms with Crippen molar-refractivity contribution in [1.29, 1.82) is 0 Å². The lowest BCUT2D eigenvalue weighted by Crippen LogP contribution is -2.13. The molecule has 0 saturated heterocycles. The SMILES string of the molecule is CN(c1cccc(-c2ccc(CC(F)(F)F)nc2)c1)c1nc2nncn2c2cc(Cl)ccc12. The number of hydrogen-bond donors (Lipinski definition) is 0. The average Bonchev–Trinajstić information content (AvgIpc) is 3.26. The molecule has 166 valence electrons. The van der Waals surface area contributed by atoms with Gasteiger partial charge in [-0.2, -0.15) is 18.2 Å². The van der Waals surface area contributed by atoms with Gasteiger partial charge in [-0.25, -0.2) is 0 Å². The summed E-state index contributed by atoms with van der Waals surface area (Å²) in [5, 5.41) is 9.47. The Kier molecular flexibility index (Phi) is 5.13. The molecule has 0 N–H and O–H groups in total. The van der Waals surface area contributed by atoms with E-state index in [4.69, 9.17) is 11.6 Å². The fourth-order valence-corrected chi connectivity index (χ4v) is 3.87. The number of anilines is 2. The normalized spacial score (nSPS) is 11.9. The molecule has 5 aromatic rings. The number of aromatic nitrogens is 5. The van der Waals surface area contributed by atoms with E-state index in [0.717, 1.165) is 22.2 Å². The van der Waals surface area contributed by atoms with Gasteiger partial charge in [0, 0.05) is 40.6 Å². The third-order valence-electron chi connectivity index (χ3n) is 5.29. The van der Waals surface area contributed by atoms with Crippen LogP contribution in [0.3, 0.4) is 0 Å². The lowest BCUT2D eigenvalue weighted by atomic mass is 10.1. The van der Waals surface area contributed by atoms with E-state index < -0.39 is 12.6 Å². The largest absolute Gasteiger partial charge is 0.394 e. The Bertz CT molecular complexity index is 1460. The smallest absolute Gasteiger partial charge is 0.329 e. The Morgan fingerprint density at radius 2 is 1.88 bits per heavy atom. The third-order valence-corrected chi connectivity index (χ3v) is 5.52. The van der Waals surface area contributed by atoms with Crippen molar-refractivity contribution < 1.29 is 13.2 Å². The molecule has 0 aliphatic heterocycles. The highest BCUT2D eigenvalue weighted by Crippen LogP contribution is 2.33. The van der Waals surface area contributed by atoms with Crippen LogP contribution in [0.2, 0.25) is 5.02 Å². The van der Waals surface area contributed by atoms with Gasteiger partial charge in [0.25, 0.3) is 5.78 Å². The van der Waals surface area contributed by atoms with Crippen molar-refractivity contribution in [2.75, 3.05) is 11.9 Å². The number of halogens is 4. The van der Waals surface area contributed by atoms with Crippen molar-refractivity contribution in [3.63, 3.8) is 0 Å². The number of pyridine rings is 1. The molecule has 0 atom stereocenters. The molecule has 10 heteroatoms. The maximum Gasteiger partial charge on any atom is 0.394 e. The van der Waals surface area contributed by atoms with E-state index in [9.17, 15) is 13.2 Å². The summed E-state index contributed by atoms with van der Waals surface area (Å²) in [6.07, 6.45) is -2.30. The molecule has 0 saturated carbocycles. The van der Waals surface area contributed by atoms with Crippen LogP contribution in [0.15, 0.2) is 67.1 Å². The maximum atomic E-state index is 12.6. The van der Waals surface area contributed by atoms with E-state index in [1.807, 2.05) is 48.3 Å². The Morgan fingerprint density at radius 3 is 2.64 bits per heavy atom. The van der Waals surface area contributed by atoms with Crippen molar-refractivity contribution >= 4 is 39.8 Å². The predicted molar refractivity (Wildman–Crippen MR) is 121 cm³/mol. The van der Waals surface area contributed by atoms with E-state index in [0.29, 0.717) is 22.2 Å². The summed E-state index contributed by atoms with van der Waals surface area (Å²) in [5.41, 5.74) is 3.17. The molecule has 0 fully saturated rings. The van der Waals surface area contributed by atoms with Crippen LogP contribution in [0.4, 0.5) is 24.7 Å². The molecule has 33 heavy (non-hydrogen) atoms. The van der Waals surface area contributed by atoms with Gasteiger partial charge < -0.3 is 4.90 Å². The van der Waals surface area contributed by atoms with Crippen molar-refractivity contribution in [3.05, 3.63) is 77.8 Å². The molecule has 0 amide bonds. The molecular weight excluding hydrogens is 453 g/mol. The Morgan fingerprint density at radius 1 is 1.03 bits per heavy atom. The summed E-state index contributed by atoms with van der Waals surface area (Å²) >= 11 is 6.21. The molecule has 0 aliphatic rings. The lowest BCUT2D eigenvalue weighted by Gasteiger charge is -2.21. The summed E-state index contributed by atoms with van der Waals surface area (Å²) in [5.74, 6) is 1.10. The summed E-state index contributed by atoms with van der Waals surface area (Å²) in [6.45, 7) is 0. The first-order valence-corrected chi connectivity index (χ1v) is 10.3. The minimum atomic E-state index is -4.29. The molecule has 0 bridgehead atoms. The first-order chi connectivity index (χ1) is 15.8. The van der Waals surface area contributed by atoms with Crippen LogP contribution in [0, 0.1) is 0 Å². The third kappa shape index (κ3) is 4.19. The maximum absolute atomic E-state index is 12.6. The first kappa shape index (κ1) is 21.1. The Labute approximate surface area is 191 Å². The highest BCUT2D eigenvalue weighted by molar-refractivity contribution is 6.31. The van der Waals surface area contributed by atoms with Crippen LogP contribution >= 0.6 is 11.6 Å².